The Morgan fingerprint density at radius 1 is 0.842 bits per heavy atom. The molecule has 1 heteroatoms. The number of benzene rings is 2. The van der Waals surface area contributed by atoms with E-state index in [-0.39, 0.29) is 5.41 Å². The zero-order valence-electron chi connectivity index (χ0n) is 10.8. The molecule has 0 atom stereocenters. The lowest BCUT2D eigenvalue weighted by Crippen LogP contribution is -2.68. The number of carbonyl (C=O) groups excluding carboxylic acids is 1. The van der Waals surface area contributed by atoms with Gasteiger partial charge in [-0.05, 0) is 30.2 Å². The van der Waals surface area contributed by atoms with E-state index in [4.69, 9.17) is 0 Å². The lowest BCUT2D eigenvalue weighted by molar-refractivity contribution is -0.0889. The predicted octanol–water partition coefficient (Wildman–Crippen LogP) is 3.85. The summed E-state index contributed by atoms with van der Waals surface area (Å²) in [7, 11) is 0. The molecule has 0 N–H and O–H groups in total. The summed E-state index contributed by atoms with van der Waals surface area (Å²) in [6, 6.07) is 20.1. The minimum atomic E-state index is -0.206. The van der Waals surface area contributed by atoms with Crippen LogP contribution in [0.1, 0.15) is 28.8 Å². The van der Waals surface area contributed by atoms with Crippen LogP contribution < -0.4 is 0 Å². The van der Waals surface area contributed by atoms with Gasteiger partial charge in [0.1, 0.15) is 0 Å². The van der Waals surface area contributed by atoms with Gasteiger partial charge in [-0.3, -0.25) is 4.79 Å². The van der Waals surface area contributed by atoms with E-state index in [0.717, 1.165) is 5.56 Å². The first-order valence-corrected chi connectivity index (χ1v) is 6.99. The molecule has 5 rings (SSSR count). The predicted molar refractivity (Wildman–Crippen MR) is 75.1 cm³/mol. The molecule has 0 saturated heterocycles. The molecule has 0 amide bonds. The summed E-state index contributed by atoms with van der Waals surface area (Å²) in [5.41, 5.74) is 1.87. The molecule has 94 valence electrons. The maximum atomic E-state index is 13.0. The van der Waals surface area contributed by atoms with Crippen molar-refractivity contribution in [2.24, 2.45) is 11.8 Å². The lowest BCUT2D eigenvalue weighted by atomic mass is 9.35. The van der Waals surface area contributed by atoms with E-state index < -0.39 is 0 Å². The summed E-state index contributed by atoms with van der Waals surface area (Å²) in [6.45, 7) is 0. The van der Waals surface area contributed by atoms with Gasteiger partial charge in [0.05, 0.1) is 5.41 Å². The first-order valence-electron chi connectivity index (χ1n) is 6.99. The number of rotatable bonds is 3. The van der Waals surface area contributed by atoms with Gasteiger partial charge in [-0.2, -0.15) is 0 Å². The average Bonchev–Trinajstić information content (AvgIpc) is 2.38. The van der Waals surface area contributed by atoms with Gasteiger partial charge in [0.2, 0.25) is 0 Å². The first-order chi connectivity index (χ1) is 9.33. The number of Topliss-reactive ketones (excluding diaryl/α,β-unsaturated/α-hetero) is 1. The van der Waals surface area contributed by atoms with Crippen molar-refractivity contribution in [3.63, 3.8) is 0 Å². The summed E-state index contributed by atoms with van der Waals surface area (Å²) >= 11 is 0. The highest BCUT2D eigenvalue weighted by atomic mass is 16.1. The van der Waals surface area contributed by atoms with Crippen LogP contribution in [0, 0.1) is 11.8 Å². The monoisotopic (exact) mass is 248 g/mol. The van der Waals surface area contributed by atoms with Gasteiger partial charge in [0.25, 0.3) is 0 Å². The molecule has 2 aromatic rings. The van der Waals surface area contributed by atoms with E-state index >= 15 is 0 Å². The molecular formula is C18H16O. The molecule has 3 saturated carbocycles. The Bertz CT molecular complexity index is 601. The van der Waals surface area contributed by atoms with Crippen molar-refractivity contribution in [3.05, 3.63) is 71.8 Å². The van der Waals surface area contributed by atoms with E-state index in [1.165, 1.54) is 18.4 Å². The molecule has 1 nitrogen and oxygen atoms in total. The van der Waals surface area contributed by atoms with Gasteiger partial charge >= 0.3 is 0 Å². The van der Waals surface area contributed by atoms with Crippen LogP contribution in [0.15, 0.2) is 60.7 Å². The van der Waals surface area contributed by atoms with Crippen LogP contribution in [-0.2, 0) is 5.41 Å². The van der Waals surface area contributed by atoms with Crippen molar-refractivity contribution in [2.45, 2.75) is 18.3 Å². The topological polar surface area (TPSA) is 17.1 Å². The van der Waals surface area contributed by atoms with Gasteiger partial charge in [-0.1, -0.05) is 60.7 Å². The maximum Gasteiger partial charge on any atom is 0.173 e. The second-order valence-corrected chi connectivity index (χ2v) is 5.80. The maximum absolute atomic E-state index is 13.0. The fraction of sp³-hybridized carbons (Fsp3) is 0.278. The SMILES string of the molecule is O=C(c1ccccc1)C1(c2ccccc2)C2CC1C2. The van der Waals surface area contributed by atoms with Crippen LogP contribution in [0.2, 0.25) is 0 Å². The minimum Gasteiger partial charge on any atom is -0.293 e. The Labute approximate surface area is 113 Å². The van der Waals surface area contributed by atoms with Gasteiger partial charge in [-0.15, -0.1) is 0 Å². The van der Waals surface area contributed by atoms with Gasteiger partial charge in [-0.25, -0.2) is 0 Å². The summed E-state index contributed by atoms with van der Waals surface area (Å²) < 4.78 is 0. The quantitative estimate of drug-likeness (QED) is 0.754. The lowest BCUT2D eigenvalue weighted by Gasteiger charge is -2.67. The molecule has 0 spiro atoms. The Morgan fingerprint density at radius 3 is 1.84 bits per heavy atom. The second kappa shape index (κ2) is 3.80. The smallest absolute Gasteiger partial charge is 0.173 e. The molecule has 0 aromatic heterocycles. The minimum absolute atomic E-state index is 0.206. The molecule has 0 radical (unpaired) electrons. The second-order valence-electron chi connectivity index (χ2n) is 5.80. The van der Waals surface area contributed by atoms with Crippen LogP contribution in [0.3, 0.4) is 0 Å². The molecule has 3 aliphatic rings. The molecular weight excluding hydrogens is 232 g/mol. The zero-order valence-corrected chi connectivity index (χ0v) is 10.8. The van der Waals surface area contributed by atoms with E-state index in [1.807, 2.05) is 48.5 Å². The highest BCUT2D eigenvalue weighted by Crippen LogP contribution is 2.69. The molecule has 3 fully saturated rings. The van der Waals surface area contributed by atoms with E-state index in [1.54, 1.807) is 0 Å². The largest absolute Gasteiger partial charge is 0.293 e. The Hall–Kier alpha value is -1.89. The fourth-order valence-electron chi connectivity index (χ4n) is 3.89. The highest BCUT2D eigenvalue weighted by molar-refractivity contribution is 6.06. The van der Waals surface area contributed by atoms with Crippen LogP contribution in [0.4, 0.5) is 0 Å². The zero-order chi connectivity index (χ0) is 12.9. The van der Waals surface area contributed by atoms with E-state index in [2.05, 4.69) is 12.1 Å². The molecule has 0 heterocycles. The highest BCUT2D eigenvalue weighted by Gasteiger charge is 2.69. The average molecular weight is 248 g/mol. The fourth-order valence-corrected chi connectivity index (χ4v) is 3.89. The van der Waals surface area contributed by atoms with Gasteiger partial charge in [0.15, 0.2) is 5.78 Å². The van der Waals surface area contributed by atoms with Crippen LogP contribution in [0.25, 0.3) is 0 Å². The third-order valence-corrected chi connectivity index (χ3v) is 5.09. The van der Waals surface area contributed by atoms with Crippen molar-refractivity contribution in [2.75, 3.05) is 0 Å². The molecule has 19 heavy (non-hydrogen) atoms. The molecule has 2 aromatic carbocycles. The van der Waals surface area contributed by atoms with Crippen molar-refractivity contribution in [1.29, 1.82) is 0 Å². The number of carbonyl (C=O) groups is 1. The number of hydrogen-bond acceptors (Lipinski definition) is 1. The van der Waals surface area contributed by atoms with E-state index in [0.29, 0.717) is 17.6 Å². The van der Waals surface area contributed by atoms with Crippen LogP contribution in [-0.4, -0.2) is 5.78 Å². The van der Waals surface area contributed by atoms with Crippen molar-refractivity contribution >= 4 is 5.78 Å². The van der Waals surface area contributed by atoms with E-state index in [9.17, 15) is 4.79 Å². The first kappa shape index (κ1) is 11.0. The summed E-state index contributed by atoms with van der Waals surface area (Å²) in [4.78, 5) is 13.0. The Kier molecular flexibility index (Phi) is 2.20. The van der Waals surface area contributed by atoms with Crippen molar-refractivity contribution in [1.82, 2.24) is 0 Å². The Balaban J connectivity index is 1.80. The standard InChI is InChI=1S/C18H16O/c19-17(13-7-3-1-4-8-13)18(15-11-16(18)12-15)14-9-5-2-6-10-14/h1-10,15-16H,11-12H2. The van der Waals surface area contributed by atoms with Gasteiger partial charge < -0.3 is 0 Å². The van der Waals surface area contributed by atoms with Crippen LogP contribution >= 0.6 is 0 Å². The van der Waals surface area contributed by atoms with Gasteiger partial charge in [0, 0.05) is 5.56 Å². The third kappa shape index (κ3) is 1.28. The molecule has 0 aliphatic heterocycles. The Morgan fingerprint density at radius 2 is 1.37 bits per heavy atom. The normalized spacial score (nSPS) is 31.2. The third-order valence-electron chi connectivity index (χ3n) is 5.09. The van der Waals surface area contributed by atoms with Crippen molar-refractivity contribution < 1.29 is 4.79 Å². The van der Waals surface area contributed by atoms with Crippen LogP contribution in [0.5, 0.6) is 0 Å². The molecule has 2 bridgehead atoms. The summed E-state index contributed by atoms with van der Waals surface area (Å²) in [5, 5.41) is 0. The van der Waals surface area contributed by atoms with Crippen molar-refractivity contribution in [3.8, 4) is 0 Å². The number of ketones is 1. The molecule has 0 unspecified atom stereocenters. The summed E-state index contributed by atoms with van der Waals surface area (Å²) in [5.74, 6) is 1.45. The summed E-state index contributed by atoms with van der Waals surface area (Å²) in [6.07, 6.45) is 2.46. The number of hydrogen-bond donors (Lipinski definition) is 0. The molecule has 3 aliphatic carbocycles.